The van der Waals surface area contributed by atoms with E-state index in [1.807, 2.05) is 0 Å². The Bertz CT molecular complexity index is 753. The molecule has 9 nitrogen and oxygen atoms in total. The summed E-state index contributed by atoms with van der Waals surface area (Å²) in [5.74, 6) is -0.440. The molecule has 0 bridgehead atoms. The van der Waals surface area contributed by atoms with Crippen LogP contribution in [0.3, 0.4) is 0 Å². The summed E-state index contributed by atoms with van der Waals surface area (Å²) in [5, 5.41) is 8.45. The van der Waals surface area contributed by atoms with Gasteiger partial charge in [-0.15, -0.1) is 0 Å². The lowest BCUT2D eigenvalue weighted by molar-refractivity contribution is -0.123. The van der Waals surface area contributed by atoms with Crippen molar-refractivity contribution in [1.82, 2.24) is 5.16 Å². The van der Waals surface area contributed by atoms with Crippen LogP contribution in [0, 0.1) is 6.92 Å². The maximum atomic E-state index is 12.0. The van der Waals surface area contributed by atoms with E-state index in [4.69, 9.17) is 15.0 Å². The smallest absolute Gasteiger partial charge is 0.338 e. The number of primary amides is 1. The first-order chi connectivity index (χ1) is 11.3. The molecule has 0 radical (unpaired) electrons. The Hall–Kier alpha value is -3.36. The molecule has 9 heteroatoms. The Morgan fingerprint density at radius 3 is 2.42 bits per heavy atom. The van der Waals surface area contributed by atoms with Crippen LogP contribution < -0.4 is 16.4 Å². The Morgan fingerprint density at radius 2 is 1.88 bits per heavy atom. The summed E-state index contributed by atoms with van der Waals surface area (Å²) in [6.45, 7) is 3.12. The van der Waals surface area contributed by atoms with E-state index < -0.39 is 24.0 Å². The number of esters is 1. The highest BCUT2D eigenvalue weighted by molar-refractivity contribution is 5.97. The maximum absolute atomic E-state index is 12.0. The van der Waals surface area contributed by atoms with Gasteiger partial charge >= 0.3 is 12.0 Å². The molecule has 0 fully saturated rings. The summed E-state index contributed by atoms with van der Waals surface area (Å²) in [7, 11) is 0. The molecule has 0 aliphatic rings. The van der Waals surface area contributed by atoms with Crippen molar-refractivity contribution in [2.45, 2.75) is 20.0 Å². The van der Waals surface area contributed by atoms with Gasteiger partial charge < -0.3 is 25.6 Å². The van der Waals surface area contributed by atoms with Gasteiger partial charge in [-0.1, -0.05) is 5.16 Å². The number of ether oxygens (including phenoxy) is 1. The van der Waals surface area contributed by atoms with Gasteiger partial charge in [0, 0.05) is 11.8 Å². The highest BCUT2D eigenvalue weighted by Crippen LogP contribution is 2.12. The van der Waals surface area contributed by atoms with E-state index in [1.54, 1.807) is 6.92 Å². The van der Waals surface area contributed by atoms with Gasteiger partial charge in [0.25, 0.3) is 5.91 Å². The minimum atomic E-state index is -1.03. The third-order valence-corrected chi connectivity index (χ3v) is 2.92. The fourth-order valence-electron chi connectivity index (χ4n) is 1.77. The SMILES string of the molecule is Cc1cc(NC(=O)[C@H](C)OC(=O)c2ccc(NC(N)=O)cc2)no1. The van der Waals surface area contributed by atoms with Crippen molar-refractivity contribution < 1.29 is 23.6 Å². The number of nitrogens with two attached hydrogens (primary N) is 1. The minimum Gasteiger partial charge on any atom is -0.449 e. The first-order valence-corrected chi connectivity index (χ1v) is 6.97. The van der Waals surface area contributed by atoms with E-state index in [1.165, 1.54) is 37.3 Å². The molecule has 1 atom stereocenters. The van der Waals surface area contributed by atoms with E-state index in [2.05, 4.69) is 15.8 Å². The fourth-order valence-corrected chi connectivity index (χ4v) is 1.77. The molecule has 3 amide bonds. The van der Waals surface area contributed by atoms with Crippen LogP contribution in [0.4, 0.5) is 16.3 Å². The maximum Gasteiger partial charge on any atom is 0.338 e. The van der Waals surface area contributed by atoms with Crippen molar-refractivity contribution >= 4 is 29.4 Å². The quantitative estimate of drug-likeness (QED) is 0.712. The zero-order valence-electron chi connectivity index (χ0n) is 13.0. The number of anilines is 2. The average Bonchev–Trinajstić information content (AvgIpc) is 2.92. The van der Waals surface area contributed by atoms with Gasteiger partial charge in [0.05, 0.1) is 5.56 Å². The molecule has 0 aliphatic heterocycles. The molecule has 0 aliphatic carbocycles. The second-order valence-electron chi connectivity index (χ2n) is 4.93. The van der Waals surface area contributed by atoms with Crippen LogP contribution in [0.5, 0.6) is 0 Å². The van der Waals surface area contributed by atoms with Crippen molar-refractivity contribution in [3.05, 3.63) is 41.7 Å². The number of nitrogens with zero attached hydrogens (tertiary/aromatic N) is 1. The number of nitrogens with one attached hydrogen (secondary N) is 2. The topological polar surface area (TPSA) is 137 Å². The highest BCUT2D eigenvalue weighted by atomic mass is 16.5. The summed E-state index contributed by atoms with van der Waals surface area (Å²) in [5.41, 5.74) is 5.65. The van der Waals surface area contributed by atoms with Crippen molar-refractivity contribution in [3.8, 4) is 0 Å². The lowest BCUT2D eigenvalue weighted by Crippen LogP contribution is -2.30. The Morgan fingerprint density at radius 1 is 1.21 bits per heavy atom. The summed E-state index contributed by atoms with van der Waals surface area (Å²) in [4.78, 5) is 34.7. The number of hydrogen-bond donors (Lipinski definition) is 3. The van der Waals surface area contributed by atoms with Gasteiger partial charge in [-0.05, 0) is 38.1 Å². The van der Waals surface area contributed by atoms with Crippen molar-refractivity contribution in [1.29, 1.82) is 0 Å². The Balaban J connectivity index is 1.92. The molecular weight excluding hydrogens is 316 g/mol. The molecule has 24 heavy (non-hydrogen) atoms. The number of aryl methyl sites for hydroxylation is 1. The molecule has 2 rings (SSSR count). The molecule has 0 spiro atoms. The summed E-state index contributed by atoms with van der Waals surface area (Å²) in [6.07, 6.45) is -1.03. The van der Waals surface area contributed by atoms with Crippen LogP contribution in [0.15, 0.2) is 34.9 Å². The number of amides is 3. The standard InChI is InChI=1S/C15H16N4O5/c1-8-7-12(19-24-8)18-13(20)9(2)23-14(21)10-3-5-11(6-4-10)17-15(16)22/h3-7,9H,1-2H3,(H3,16,17,22)(H,18,19,20)/t9-/m0/s1. The molecular formula is C15H16N4O5. The fraction of sp³-hybridized carbons (Fsp3) is 0.200. The van der Waals surface area contributed by atoms with Crippen molar-refractivity contribution in [3.63, 3.8) is 0 Å². The van der Waals surface area contributed by atoms with Gasteiger partial charge in [0.2, 0.25) is 0 Å². The van der Waals surface area contributed by atoms with Gasteiger partial charge in [0.1, 0.15) is 5.76 Å². The van der Waals surface area contributed by atoms with E-state index in [9.17, 15) is 14.4 Å². The van der Waals surface area contributed by atoms with Gasteiger partial charge in [-0.3, -0.25) is 4.79 Å². The zero-order valence-corrected chi connectivity index (χ0v) is 13.0. The molecule has 0 unspecified atom stereocenters. The molecule has 0 saturated carbocycles. The monoisotopic (exact) mass is 332 g/mol. The number of benzene rings is 1. The molecule has 1 aromatic carbocycles. The van der Waals surface area contributed by atoms with E-state index in [0.717, 1.165) is 0 Å². The summed E-state index contributed by atoms with van der Waals surface area (Å²) >= 11 is 0. The minimum absolute atomic E-state index is 0.224. The summed E-state index contributed by atoms with van der Waals surface area (Å²) < 4.78 is 9.90. The number of rotatable bonds is 5. The third-order valence-electron chi connectivity index (χ3n) is 2.92. The first kappa shape index (κ1) is 17.0. The van der Waals surface area contributed by atoms with Crippen LogP contribution in [0.2, 0.25) is 0 Å². The number of carbonyl (C=O) groups excluding carboxylic acids is 3. The number of aromatic nitrogens is 1. The summed E-state index contributed by atoms with van der Waals surface area (Å²) in [6, 6.07) is 6.70. The van der Waals surface area contributed by atoms with Gasteiger partial charge in [0.15, 0.2) is 11.9 Å². The lowest BCUT2D eigenvalue weighted by atomic mass is 10.2. The average molecular weight is 332 g/mol. The number of urea groups is 1. The second kappa shape index (κ2) is 7.27. The van der Waals surface area contributed by atoms with E-state index >= 15 is 0 Å². The van der Waals surface area contributed by atoms with Crippen LogP contribution in [-0.2, 0) is 9.53 Å². The van der Waals surface area contributed by atoms with Gasteiger partial charge in [-0.25, -0.2) is 9.59 Å². The lowest BCUT2D eigenvalue weighted by Gasteiger charge is -2.12. The van der Waals surface area contributed by atoms with Crippen LogP contribution in [-0.4, -0.2) is 29.2 Å². The predicted molar refractivity (Wildman–Crippen MR) is 84.4 cm³/mol. The number of carbonyl (C=O) groups is 3. The van der Waals surface area contributed by atoms with E-state index in [0.29, 0.717) is 11.4 Å². The van der Waals surface area contributed by atoms with Crippen LogP contribution in [0.25, 0.3) is 0 Å². The van der Waals surface area contributed by atoms with Crippen LogP contribution in [0.1, 0.15) is 23.0 Å². The third kappa shape index (κ3) is 4.57. The molecule has 126 valence electrons. The second-order valence-corrected chi connectivity index (χ2v) is 4.93. The molecule has 0 saturated heterocycles. The molecule has 4 N–H and O–H groups in total. The van der Waals surface area contributed by atoms with E-state index in [-0.39, 0.29) is 11.4 Å². The largest absolute Gasteiger partial charge is 0.449 e. The first-order valence-electron chi connectivity index (χ1n) is 6.97. The Labute approximate surface area is 137 Å². The highest BCUT2D eigenvalue weighted by Gasteiger charge is 2.20. The molecule has 1 heterocycles. The van der Waals surface area contributed by atoms with Crippen LogP contribution >= 0.6 is 0 Å². The van der Waals surface area contributed by atoms with Gasteiger partial charge in [-0.2, -0.15) is 0 Å². The number of hydrogen-bond acceptors (Lipinski definition) is 6. The molecule has 1 aromatic heterocycles. The zero-order chi connectivity index (χ0) is 17.7. The van der Waals surface area contributed by atoms with Crippen molar-refractivity contribution in [2.24, 2.45) is 5.73 Å². The molecule has 2 aromatic rings. The normalized spacial score (nSPS) is 11.4. The predicted octanol–water partition coefficient (Wildman–Crippen LogP) is 1.66. The van der Waals surface area contributed by atoms with Crippen molar-refractivity contribution in [2.75, 3.05) is 10.6 Å². The Kier molecular flexibility index (Phi) is 5.15.